The first-order valence-corrected chi connectivity index (χ1v) is 9.85. The van der Waals surface area contributed by atoms with Gasteiger partial charge in [-0.2, -0.15) is 0 Å². The number of unbranched alkanes of at least 4 members (excludes halogenated alkanes) is 7. The highest BCUT2D eigenvalue weighted by atomic mass is 16.3. The van der Waals surface area contributed by atoms with E-state index in [1.165, 1.54) is 0 Å². The van der Waals surface area contributed by atoms with Crippen molar-refractivity contribution in [2.75, 3.05) is 13.2 Å². The highest BCUT2D eigenvalue weighted by Crippen LogP contribution is 2.09. The fourth-order valence-corrected chi connectivity index (χ4v) is 2.56. The van der Waals surface area contributed by atoms with Crippen LogP contribution < -0.4 is 5.32 Å². The SMILES string of the molecule is CCCCCC(O)C(=O)C/C=C\CCCCCCCC(=O)NCCO. The third kappa shape index (κ3) is 16.0. The van der Waals surface area contributed by atoms with Gasteiger partial charge in [0, 0.05) is 19.4 Å². The summed E-state index contributed by atoms with van der Waals surface area (Å²) in [5.74, 6) is -0.0645. The minimum Gasteiger partial charge on any atom is -0.395 e. The Morgan fingerprint density at radius 2 is 1.72 bits per heavy atom. The lowest BCUT2D eigenvalue weighted by Crippen LogP contribution is -2.25. The Bertz CT molecular complexity index is 369. The van der Waals surface area contributed by atoms with Crippen molar-refractivity contribution in [3.63, 3.8) is 0 Å². The maximum Gasteiger partial charge on any atom is 0.220 e. The third-order valence-electron chi connectivity index (χ3n) is 4.15. The van der Waals surface area contributed by atoms with Crippen LogP contribution in [0.1, 0.15) is 84.0 Å². The third-order valence-corrected chi connectivity index (χ3v) is 4.15. The maximum atomic E-state index is 11.7. The topological polar surface area (TPSA) is 86.6 Å². The van der Waals surface area contributed by atoms with Gasteiger partial charge < -0.3 is 15.5 Å². The number of carbonyl (C=O) groups excluding carboxylic acids is 2. The Hall–Kier alpha value is -1.20. The Labute approximate surface area is 152 Å². The second-order valence-electron chi connectivity index (χ2n) is 6.53. The van der Waals surface area contributed by atoms with Crippen molar-refractivity contribution in [2.45, 2.75) is 90.1 Å². The molecule has 0 bridgehead atoms. The van der Waals surface area contributed by atoms with E-state index in [1.807, 2.05) is 12.2 Å². The van der Waals surface area contributed by atoms with E-state index in [2.05, 4.69) is 12.2 Å². The molecular weight excluding hydrogens is 318 g/mol. The number of allylic oxidation sites excluding steroid dienone is 2. The van der Waals surface area contributed by atoms with Crippen LogP contribution in [0.2, 0.25) is 0 Å². The standard InChI is InChI=1S/C20H37NO4/c1-2-3-10-13-18(23)19(24)14-11-8-6-4-5-7-9-12-15-20(25)21-16-17-22/h8,11,18,22-23H,2-7,9-10,12-17H2,1H3,(H,21,25)/b11-8-. The molecule has 5 heteroatoms. The molecule has 1 amide bonds. The van der Waals surface area contributed by atoms with E-state index in [-0.39, 0.29) is 18.3 Å². The lowest BCUT2D eigenvalue weighted by molar-refractivity contribution is -0.126. The lowest BCUT2D eigenvalue weighted by Gasteiger charge is -2.07. The molecule has 5 nitrogen and oxygen atoms in total. The van der Waals surface area contributed by atoms with Gasteiger partial charge in [0.05, 0.1) is 6.61 Å². The van der Waals surface area contributed by atoms with Crippen LogP contribution in [-0.2, 0) is 9.59 Å². The van der Waals surface area contributed by atoms with Crippen LogP contribution in [-0.4, -0.2) is 41.2 Å². The predicted molar refractivity (Wildman–Crippen MR) is 101 cm³/mol. The molecular formula is C20H37NO4. The molecule has 0 saturated carbocycles. The van der Waals surface area contributed by atoms with Crippen molar-refractivity contribution in [3.05, 3.63) is 12.2 Å². The highest BCUT2D eigenvalue weighted by Gasteiger charge is 2.12. The number of amides is 1. The summed E-state index contributed by atoms with van der Waals surface area (Å²) in [6, 6.07) is 0. The number of carbonyl (C=O) groups is 2. The zero-order chi connectivity index (χ0) is 18.8. The predicted octanol–water partition coefficient (Wildman–Crippen LogP) is 3.28. The molecule has 0 aromatic rings. The van der Waals surface area contributed by atoms with Gasteiger partial charge in [-0.25, -0.2) is 0 Å². The smallest absolute Gasteiger partial charge is 0.220 e. The van der Waals surface area contributed by atoms with Crippen molar-refractivity contribution < 1.29 is 19.8 Å². The number of hydrogen-bond donors (Lipinski definition) is 3. The summed E-state index contributed by atoms with van der Waals surface area (Å²) < 4.78 is 0. The van der Waals surface area contributed by atoms with Gasteiger partial charge in [-0.05, 0) is 25.7 Å². The maximum absolute atomic E-state index is 11.7. The number of rotatable bonds is 17. The average Bonchev–Trinajstić information content (AvgIpc) is 2.61. The van der Waals surface area contributed by atoms with Crippen LogP contribution in [0.15, 0.2) is 12.2 Å². The molecule has 1 atom stereocenters. The number of Topliss-reactive ketones (excluding diaryl/α,β-unsaturated/α-hetero) is 1. The first kappa shape index (κ1) is 23.8. The Morgan fingerprint density at radius 3 is 2.44 bits per heavy atom. The summed E-state index contributed by atoms with van der Waals surface area (Å²) in [5.41, 5.74) is 0. The molecule has 0 saturated heterocycles. The summed E-state index contributed by atoms with van der Waals surface area (Å²) >= 11 is 0. The molecule has 0 fully saturated rings. The van der Waals surface area contributed by atoms with Crippen molar-refractivity contribution in [3.8, 4) is 0 Å². The molecule has 0 heterocycles. The van der Waals surface area contributed by atoms with Gasteiger partial charge in [-0.3, -0.25) is 9.59 Å². The largest absolute Gasteiger partial charge is 0.395 e. The monoisotopic (exact) mass is 355 g/mol. The second kappa shape index (κ2) is 17.6. The molecule has 146 valence electrons. The zero-order valence-electron chi connectivity index (χ0n) is 15.8. The second-order valence-corrected chi connectivity index (χ2v) is 6.53. The van der Waals surface area contributed by atoms with Gasteiger partial charge in [0.2, 0.25) is 5.91 Å². The molecule has 1 unspecified atom stereocenters. The molecule has 0 rings (SSSR count). The fourth-order valence-electron chi connectivity index (χ4n) is 2.56. The summed E-state index contributed by atoms with van der Waals surface area (Å²) in [6.07, 6.45) is 13.8. The number of nitrogens with one attached hydrogen (secondary N) is 1. The van der Waals surface area contributed by atoms with Crippen molar-refractivity contribution in [2.24, 2.45) is 0 Å². The van der Waals surface area contributed by atoms with Crippen LogP contribution >= 0.6 is 0 Å². The van der Waals surface area contributed by atoms with E-state index in [9.17, 15) is 14.7 Å². The Balaban J connectivity index is 3.45. The Kier molecular flexibility index (Phi) is 16.8. The van der Waals surface area contributed by atoms with Gasteiger partial charge in [-0.15, -0.1) is 0 Å². The van der Waals surface area contributed by atoms with Crippen LogP contribution in [0.5, 0.6) is 0 Å². The van der Waals surface area contributed by atoms with Gasteiger partial charge in [0.1, 0.15) is 6.10 Å². The van der Waals surface area contributed by atoms with Gasteiger partial charge in [0.15, 0.2) is 5.78 Å². The average molecular weight is 356 g/mol. The van der Waals surface area contributed by atoms with Crippen molar-refractivity contribution in [1.82, 2.24) is 5.32 Å². The normalized spacial score (nSPS) is 12.4. The molecule has 0 aromatic carbocycles. The number of aliphatic hydroxyl groups excluding tert-OH is 2. The molecule has 0 aliphatic carbocycles. The molecule has 0 aliphatic rings. The molecule has 25 heavy (non-hydrogen) atoms. The minimum absolute atomic E-state index is 0.0112. The summed E-state index contributed by atoms with van der Waals surface area (Å²) in [5, 5.41) is 21.0. The summed E-state index contributed by atoms with van der Waals surface area (Å²) in [7, 11) is 0. The van der Waals surface area contributed by atoms with Crippen LogP contribution in [0.25, 0.3) is 0 Å². The highest BCUT2D eigenvalue weighted by molar-refractivity contribution is 5.84. The summed E-state index contributed by atoms with van der Waals surface area (Å²) in [4.78, 5) is 23.0. The number of hydrogen-bond acceptors (Lipinski definition) is 4. The van der Waals surface area contributed by atoms with E-state index in [0.29, 0.717) is 25.8 Å². The van der Waals surface area contributed by atoms with E-state index in [1.54, 1.807) is 0 Å². The van der Waals surface area contributed by atoms with Crippen LogP contribution in [0.3, 0.4) is 0 Å². The molecule has 0 spiro atoms. The minimum atomic E-state index is -0.800. The number of aliphatic hydroxyl groups is 2. The van der Waals surface area contributed by atoms with E-state index < -0.39 is 6.10 Å². The van der Waals surface area contributed by atoms with Crippen LogP contribution in [0, 0.1) is 0 Å². The molecule has 0 radical (unpaired) electrons. The Morgan fingerprint density at radius 1 is 1.00 bits per heavy atom. The summed E-state index contributed by atoms with van der Waals surface area (Å²) in [6.45, 7) is 2.43. The first-order chi connectivity index (χ1) is 12.1. The lowest BCUT2D eigenvalue weighted by atomic mass is 10.0. The fraction of sp³-hybridized carbons (Fsp3) is 0.800. The number of ketones is 1. The zero-order valence-corrected chi connectivity index (χ0v) is 15.8. The molecule has 3 N–H and O–H groups in total. The first-order valence-electron chi connectivity index (χ1n) is 9.85. The van der Waals surface area contributed by atoms with Crippen LogP contribution in [0.4, 0.5) is 0 Å². The van der Waals surface area contributed by atoms with Crippen molar-refractivity contribution >= 4 is 11.7 Å². The van der Waals surface area contributed by atoms with E-state index in [4.69, 9.17) is 5.11 Å². The molecule has 0 aliphatic heterocycles. The van der Waals surface area contributed by atoms with Gasteiger partial charge >= 0.3 is 0 Å². The van der Waals surface area contributed by atoms with Crippen molar-refractivity contribution in [1.29, 1.82) is 0 Å². The van der Waals surface area contributed by atoms with Gasteiger partial charge in [0.25, 0.3) is 0 Å². The van der Waals surface area contributed by atoms with E-state index in [0.717, 1.165) is 57.8 Å². The van der Waals surface area contributed by atoms with Gasteiger partial charge in [-0.1, -0.05) is 57.6 Å². The van der Waals surface area contributed by atoms with E-state index >= 15 is 0 Å². The quantitative estimate of drug-likeness (QED) is 0.276. The molecule has 0 aromatic heterocycles.